The summed E-state index contributed by atoms with van der Waals surface area (Å²) in [5, 5.41) is 0. The lowest BCUT2D eigenvalue weighted by Gasteiger charge is -2.19. The van der Waals surface area contributed by atoms with Crippen molar-refractivity contribution in [2.75, 3.05) is 6.61 Å². The largest absolute Gasteiger partial charge is 0.492 e. The van der Waals surface area contributed by atoms with Crippen molar-refractivity contribution in [2.24, 2.45) is 5.73 Å². The van der Waals surface area contributed by atoms with Crippen LogP contribution in [0.15, 0.2) is 54.6 Å². The molecule has 0 saturated heterocycles. The molecule has 0 aromatic heterocycles. The van der Waals surface area contributed by atoms with Gasteiger partial charge in [-0.05, 0) is 37.1 Å². The van der Waals surface area contributed by atoms with Crippen LogP contribution < -0.4 is 10.5 Å². The minimum Gasteiger partial charge on any atom is -0.492 e. The van der Waals surface area contributed by atoms with Crippen molar-refractivity contribution in [3.63, 3.8) is 0 Å². The normalized spacial score (nSPS) is 11.3. The maximum Gasteiger partial charge on any atom is 0.119 e. The second-order valence-corrected chi connectivity index (χ2v) is 5.17. The summed E-state index contributed by atoms with van der Waals surface area (Å²) >= 11 is 0. The summed E-state index contributed by atoms with van der Waals surface area (Å²) in [5.74, 6) is 0.855. The van der Waals surface area contributed by atoms with Crippen LogP contribution in [0.2, 0.25) is 0 Å². The molecule has 2 nitrogen and oxygen atoms in total. The first-order valence-electron chi connectivity index (χ1n) is 6.12. The quantitative estimate of drug-likeness (QED) is 0.889. The van der Waals surface area contributed by atoms with Gasteiger partial charge in [-0.25, -0.2) is 0 Å². The fraction of sp³-hybridized carbons (Fsp3) is 0.250. The van der Waals surface area contributed by atoms with E-state index in [4.69, 9.17) is 10.5 Å². The third-order valence-corrected chi connectivity index (χ3v) is 2.57. The van der Waals surface area contributed by atoms with Crippen LogP contribution >= 0.6 is 0 Å². The second kappa shape index (κ2) is 5.23. The van der Waals surface area contributed by atoms with E-state index in [1.807, 2.05) is 44.2 Å². The van der Waals surface area contributed by atoms with Gasteiger partial charge in [0.15, 0.2) is 0 Å². The molecule has 0 aliphatic carbocycles. The highest BCUT2D eigenvalue weighted by atomic mass is 16.5. The first-order valence-corrected chi connectivity index (χ1v) is 6.12. The number of hydrogen-bond acceptors (Lipinski definition) is 2. The molecule has 0 amide bonds. The molecule has 0 saturated carbocycles. The van der Waals surface area contributed by atoms with E-state index in [0.717, 1.165) is 5.75 Å². The van der Waals surface area contributed by atoms with Gasteiger partial charge in [0.1, 0.15) is 12.4 Å². The zero-order valence-corrected chi connectivity index (χ0v) is 10.9. The minimum atomic E-state index is -0.307. The molecule has 0 spiro atoms. The van der Waals surface area contributed by atoms with Crippen molar-refractivity contribution in [1.29, 1.82) is 0 Å². The van der Waals surface area contributed by atoms with E-state index in [-0.39, 0.29) is 5.54 Å². The smallest absolute Gasteiger partial charge is 0.119 e. The van der Waals surface area contributed by atoms with E-state index in [1.165, 1.54) is 11.1 Å². The molecule has 18 heavy (non-hydrogen) atoms. The Morgan fingerprint density at radius 1 is 0.889 bits per heavy atom. The maximum atomic E-state index is 5.88. The summed E-state index contributed by atoms with van der Waals surface area (Å²) in [6.07, 6.45) is 0. The Bertz CT molecular complexity index is 483. The summed E-state index contributed by atoms with van der Waals surface area (Å²) in [6, 6.07) is 18.4. The van der Waals surface area contributed by atoms with E-state index in [2.05, 4.69) is 24.3 Å². The van der Waals surface area contributed by atoms with Crippen LogP contribution in [0.5, 0.6) is 5.75 Å². The zero-order valence-electron chi connectivity index (χ0n) is 10.9. The molecule has 2 aromatic carbocycles. The van der Waals surface area contributed by atoms with Gasteiger partial charge in [-0.1, -0.05) is 42.5 Å². The molecule has 0 atom stereocenters. The van der Waals surface area contributed by atoms with Crippen LogP contribution in [0.4, 0.5) is 0 Å². The summed E-state index contributed by atoms with van der Waals surface area (Å²) < 4.78 is 5.64. The van der Waals surface area contributed by atoms with Crippen molar-refractivity contribution in [3.8, 4) is 16.9 Å². The van der Waals surface area contributed by atoms with E-state index >= 15 is 0 Å². The minimum absolute atomic E-state index is 0.307. The highest BCUT2D eigenvalue weighted by molar-refractivity contribution is 5.63. The van der Waals surface area contributed by atoms with Gasteiger partial charge in [0.25, 0.3) is 0 Å². The van der Waals surface area contributed by atoms with E-state index in [0.29, 0.717) is 6.61 Å². The topological polar surface area (TPSA) is 35.2 Å². The third kappa shape index (κ3) is 3.60. The van der Waals surface area contributed by atoms with Crippen LogP contribution in [-0.4, -0.2) is 12.1 Å². The highest BCUT2D eigenvalue weighted by Gasteiger charge is 2.11. The highest BCUT2D eigenvalue weighted by Crippen LogP contribution is 2.22. The molecule has 2 heteroatoms. The van der Waals surface area contributed by atoms with Crippen molar-refractivity contribution in [2.45, 2.75) is 19.4 Å². The van der Waals surface area contributed by atoms with Crippen LogP contribution in [0.1, 0.15) is 13.8 Å². The van der Waals surface area contributed by atoms with Crippen molar-refractivity contribution in [1.82, 2.24) is 0 Å². The van der Waals surface area contributed by atoms with Crippen LogP contribution in [0.25, 0.3) is 11.1 Å². The van der Waals surface area contributed by atoms with Crippen LogP contribution in [0, 0.1) is 0 Å². The number of hydrogen-bond donors (Lipinski definition) is 1. The summed E-state index contributed by atoms with van der Waals surface area (Å²) in [7, 11) is 0. The Hall–Kier alpha value is -1.80. The predicted molar refractivity (Wildman–Crippen MR) is 75.6 cm³/mol. The Kier molecular flexibility index (Phi) is 3.68. The number of nitrogens with two attached hydrogens (primary N) is 1. The standard InChI is InChI=1S/C16H19NO/c1-16(2,17)12-18-15-10-8-14(9-11-15)13-6-4-3-5-7-13/h3-11H,12,17H2,1-2H3. The van der Waals surface area contributed by atoms with Gasteiger partial charge in [-0.2, -0.15) is 0 Å². The first kappa shape index (κ1) is 12.7. The third-order valence-electron chi connectivity index (χ3n) is 2.57. The number of rotatable bonds is 4. The van der Waals surface area contributed by atoms with Gasteiger partial charge in [-0.15, -0.1) is 0 Å². The Balaban J connectivity index is 2.07. The lowest BCUT2D eigenvalue weighted by molar-refractivity contribution is 0.243. The Labute approximate surface area is 108 Å². The lowest BCUT2D eigenvalue weighted by Crippen LogP contribution is -2.38. The molecule has 0 fully saturated rings. The monoisotopic (exact) mass is 241 g/mol. The van der Waals surface area contributed by atoms with Crippen molar-refractivity contribution >= 4 is 0 Å². The van der Waals surface area contributed by atoms with Gasteiger partial charge >= 0.3 is 0 Å². The Morgan fingerprint density at radius 3 is 2.00 bits per heavy atom. The molecule has 0 aliphatic rings. The van der Waals surface area contributed by atoms with Crippen LogP contribution in [0.3, 0.4) is 0 Å². The molecule has 0 unspecified atom stereocenters. The van der Waals surface area contributed by atoms with Gasteiger partial charge in [0, 0.05) is 5.54 Å². The molecular weight excluding hydrogens is 222 g/mol. The fourth-order valence-corrected chi connectivity index (χ4v) is 1.64. The van der Waals surface area contributed by atoms with Gasteiger partial charge in [0.05, 0.1) is 0 Å². The second-order valence-electron chi connectivity index (χ2n) is 5.17. The zero-order chi connectivity index (χ0) is 13.0. The molecule has 2 N–H and O–H groups in total. The first-order chi connectivity index (χ1) is 8.54. The molecule has 2 aromatic rings. The number of ether oxygens (including phenoxy) is 1. The van der Waals surface area contributed by atoms with Gasteiger partial charge in [0.2, 0.25) is 0 Å². The molecule has 2 rings (SSSR count). The summed E-state index contributed by atoms with van der Waals surface area (Å²) in [5.41, 5.74) is 7.97. The van der Waals surface area contributed by atoms with Gasteiger partial charge in [-0.3, -0.25) is 0 Å². The molecule has 0 radical (unpaired) electrons. The number of benzene rings is 2. The van der Waals surface area contributed by atoms with E-state index < -0.39 is 0 Å². The van der Waals surface area contributed by atoms with E-state index in [1.54, 1.807) is 0 Å². The SMILES string of the molecule is CC(C)(N)COc1ccc(-c2ccccc2)cc1. The molecule has 94 valence electrons. The van der Waals surface area contributed by atoms with Crippen molar-refractivity contribution < 1.29 is 4.74 Å². The van der Waals surface area contributed by atoms with E-state index in [9.17, 15) is 0 Å². The van der Waals surface area contributed by atoms with Crippen molar-refractivity contribution in [3.05, 3.63) is 54.6 Å². The average molecular weight is 241 g/mol. The van der Waals surface area contributed by atoms with Crippen LogP contribution in [-0.2, 0) is 0 Å². The average Bonchev–Trinajstić information content (AvgIpc) is 2.37. The maximum absolute atomic E-state index is 5.88. The Morgan fingerprint density at radius 2 is 1.44 bits per heavy atom. The lowest BCUT2D eigenvalue weighted by atomic mass is 10.1. The molecular formula is C16H19NO. The summed E-state index contributed by atoms with van der Waals surface area (Å²) in [4.78, 5) is 0. The molecule has 0 bridgehead atoms. The molecule has 0 heterocycles. The molecule has 0 aliphatic heterocycles. The summed E-state index contributed by atoms with van der Waals surface area (Å²) in [6.45, 7) is 4.41. The fourth-order valence-electron chi connectivity index (χ4n) is 1.64. The predicted octanol–water partition coefficient (Wildman–Crippen LogP) is 3.47. The van der Waals surface area contributed by atoms with Gasteiger partial charge < -0.3 is 10.5 Å².